The first-order chi connectivity index (χ1) is 9.52. The van der Waals surface area contributed by atoms with Gasteiger partial charge >= 0.3 is 0 Å². The normalized spacial score (nSPS) is 11.3. The lowest BCUT2D eigenvalue weighted by molar-refractivity contribution is 0.0906. The van der Waals surface area contributed by atoms with Crippen molar-refractivity contribution < 1.29 is 4.79 Å². The van der Waals surface area contributed by atoms with E-state index in [1.54, 1.807) is 0 Å². The number of carbonyl (C=O) groups excluding carboxylic acids is 1. The molecule has 4 nitrogen and oxygen atoms in total. The molecule has 3 N–H and O–H groups in total. The van der Waals surface area contributed by atoms with Crippen molar-refractivity contribution in [2.45, 2.75) is 25.9 Å². The third kappa shape index (κ3) is 3.48. The Balaban J connectivity index is 2.14. The molecule has 0 spiro atoms. The fourth-order valence-electron chi connectivity index (χ4n) is 1.96. The molecule has 0 radical (unpaired) electrons. The highest BCUT2D eigenvalue weighted by atomic mass is 16.2. The van der Waals surface area contributed by atoms with Crippen LogP contribution in [0.5, 0.6) is 0 Å². The number of benzene rings is 1. The number of carbonyl (C=O) groups is 1. The summed E-state index contributed by atoms with van der Waals surface area (Å²) >= 11 is 0. The Bertz CT molecular complexity index is 572. The summed E-state index contributed by atoms with van der Waals surface area (Å²) < 4.78 is 1.94. The van der Waals surface area contributed by atoms with E-state index >= 15 is 0 Å². The number of hydrogen-bond donors (Lipinski definition) is 2. The third-order valence-electron chi connectivity index (χ3n) is 3.22. The highest BCUT2D eigenvalue weighted by Crippen LogP contribution is 2.09. The average molecular weight is 271 g/mol. The van der Waals surface area contributed by atoms with Gasteiger partial charge in [0.05, 0.1) is 0 Å². The van der Waals surface area contributed by atoms with E-state index in [1.807, 2.05) is 67.1 Å². The van der Waals surface area contributed by atoms with Crippen molar-refractivity contribution in [1.82, 2.24) is 9.88 Å². The summed E-state index contributed by atoms with van der Waals surface area (Å²) in [6.07, 6.45) is 1.91. The van der Waals surface area contributed by atoms with Crippen molar-refractivity contribution in [3.05, 3.63) is 59.9 Å². The van der Waals surface area contributed by atoms with Gasteiger partial charge in [0.2, 0.25) is 0 Å². The van der Waals surface area contributed by atoms with E-state index in [0.29, 0.717) is 18.8 Å². The summed E-state index contributed by atoms with van der Waals surface area (Å²) in [4.78, 5) is 12.3. The van der Waals surface area contributed by atoms with Crippen LogP contribution in [0.1, 0.15) is 29.9 Å². The standard InChI is InChI=1S/C16H21N3O/c1-16(2,12-17)18-15(20)14-9-6-10-19(14)11-13-7-4-3-5-8-13/h3-10H,11-12,17H2,1-2H3,(H,18,20). The SMILES string of the molecule is CC(C)(CN)NC(=O)c1cccn1Cc1ccccc1. The molecule has 0 unspecified atom stereocenters. The van der Waals surface area contributed by atoms with Gasteiger partial charge in [0.25, 0.3) is 5.91 Å². The smallest absolute Gasteiger partial charge is 0.268 e. The van der Waals surface area contributed by atoms with Crippen molar-refractivity contribution in [3.63, 3.8) is 0 Å². The Morgan fingerprint density at radius 1 is 1.20 bits per heavy atom. The van der Waals surface area contributed by atoms with Gasteiger partial charge in [-0.15, -0.1) is 0 Å². The number of nitrogens with zero attached hydrogens (tertiary/aromatic N) is 1. The fraction of sp³-hybridized carbons (Fsp3) is 0.312. The lowest BCUT2D eigenvalue weighted by Crippen LogP contribution is -2.49. The van der Waals surface area contributed by atoms with Gasteiger partial charge in [-0.25, -0.2) is 0 Å². The van der Waals surface area contributed by atoms with E-state index in [4.69, 9.17) is 5.73 Å². The van der Waals surface area contributed by atoms with Crippen LogP contribution in [0.4, 0.5) is 0 Å². The Kier molecular flexibility index (Phi) is 4.25. The molecule has 1 heterocycles. The molecule has 0 saturated carbocycles. The lowest BCUT2D eigenvalue weighted by atomic mass is 10.1. The molecular formula is C16H21N3O. The molecule has 0 aliphatic rings. The predicted octanol–water partition coefficient (Wildman–Crippen LogP) is 2.00. The Labute approximate surface area is 119 Å². The van der Waals surface area contributed by atoms with Crippen LogP contribution in [-0.2, 0) is 6.54 Å². The molecule has 0 fully saturated rings. The molecule has 1 amide bonds. The first kappa shape index (κ1) is 14.3. The number of aromatic nitrogens is 1. The van der Waals surface area contributed by atoms with Gasteiger partial charge in [-0.2, -0.15) is 0 Å². The van der Waals surface area contributed by atoms with Crippen LogP contribution in [0.2, 0.25) is 0 Å². The van der Waals surface area contributed by atoms with E-state index in [2.05, 4.69) is 5.32 Å². The summed E-state index contributed by atoms with van der Waals surface area (Å²) in [7, 11) is 0. The van der Waals surface area contributed by atoms with E-state index in [1.165, 1.54) is 0 Å². The van der Waals surface area contributed by atoms with Crippen molar-refractivity contribution in [3.8, 4) is 0 Å². The van der Waals surface area contributed by atoms with Crippen molar-refractivity contribution in [2.75, 3.05) is 6.54 Å². The number of hydrogen-bond acceptors (Lipinski definition) is 2. The number of amides is 1. The monoisotopic (exact) mass is 271 g/mol. The topological polar surface area (TPSA) is 60.0 Å². The summed E-state index contributed by atoms with van der Waals surface area (Å²) in [5, 5.41) is 2.95. The molecule has 2 aromatic rings. The molecule has 0 aliphatic heterocycles. The van der Waals surface area contributed by atoms with Crippen molar-refractivity contribution in [2.24, 2.45) is 5.73 Å². The Hall–Kier alpha value is -2.07. The molecule has 106 valence electrons. The van der Waals surface area contributed by atoms with Crippen molar-refractivity contribution in [1.29, 1.82) is 0 Å². The molecule has 2 rings (SSSR count). The highest BCUT2D eigenvalue weighted by Gasteiger charge is 2.20. The van der Waals surface area contributed by atoms with E-state index in [-0.39, 0.29) is 5.91 Å². The zero-order valence-corrected chi connectivity index (χ0v) is 12.0. The number of rotatable bonds is 5. The molecule has 4 heteroatoms. The minimum absolute atomic E-state index is 0.0959. The second-order valence-electron chi connectivity index (χ2n) is 5.55. The lowest BCUT2D eigenvalue weighted by Gasteiger charge is -2.24. The quantitative estimate of drug-likeness (QED) is 0.874. The molecule has 1 aromatic heterocycles. The maximum Gasteiger partial charge on any atom is 0.268 e. The first-order valence-electron chi connectivity index (χ1n) is 6.73. The van der Waals surface area contributed by atoms with E-state index in [0.717, 1.165) is 5.56 Å². The molecular weight excluding hydrogens is 250 g/mol. The third-order valence-corrected chi connectivity index (χ3v) is 3.22. The molecule has 0 aliphatic carbocycles. The maximum atomic E-state index is 12.3. The van der Waals surface area contributed by atoms with Gasteiger partial charge in [0, 0.05) is 24.8 Å². The zero-order chi connectivity index (χ0) is 14.6. The largest absolute Gasteiger partial charge is 0.345 e. The number of nitrogens with one attached hydrogen (secondary N) is 1. The predicted molar refractivity (Wildman–Crippen MR) is 80.6 cm³/mol. The molecule has 0 atom stereocenters. The van der Waals surface area contributed by atoms with E-state index < -0.39 is 5.54 Å². The van der Waals surface area contributed by atoms with Gasteiger partial charge in [-0.1, -0.05) is 30.3 Å². The summed E-state index contributed by atoms with van der Waals surface area (Å²) in [5.74, 6) is -0.0959. The number of nitrogens with two attached hydrogens (primary N) is 1. The van der Waals surface area contributed by atoms with E-state index in [9.17, 15) is 4.79 Å². The highest BCUT2D eigenvalue weighted by molar-refractivity contribution is 5.93. The van der Waals surface area contributed by atoms with Crippen LogP contribution >= 0.6 is 0 Å². The fourth-order valence-corrected chi connectivity index (χ4v) is 1.96. The van der Waals surface area contributed by atoms with Gasteiger partial charge in [-0.3, -0.25) is 4.79 Å². The zero-order valence-electron chi connectivity index (χ0n) is 12.0. The van der Waals surface area contributed by atoms with Crippen molar-refractivity contribution >= 4 is 5.91 Å². The summed E-state index contributed by atoms with van der Waals surface area (Å²) in [5.41, 5.74) is 7.06. The molecule has 0 bridgehead atoms. The average Bonchev–Trinajstić information content (AvgIpc) is 2.88. The van der Waals surface area contributed by atoms with Crippen LogP contribution in [0, 0.1) is 0 Å². The first-order valence-corrected chi connectivity index (χ1v) is 6.73. The van der Waals surface area contributed by atoms with Crippen LogP contribution < -0.4 is 11.1 Å². The van der Waals surface area contributed by atoms with Crippen LogP contribution in [0.15, 0.2) is 48.7 Å². The van der Waals surface area contributed by atoms with Crippen LogP contribution in [0.25, 0.3) is 0 Å². The minimum Gasteiger partial charge on any atom is -0.345 e. The van der Waals surface area contributed by atoms with Crippen LogP contribution in [-0.4, -0.2) is 22.6 Å². The summed E-state index contributed by atoms with van der Waals surface area (Å²) in [6, 6.07) is 13.8. The van der Waals surface area contributed by atoms with Gasteiger partial charge in [0.15, 0.2) is 0 Å². The Morgan fingerprint density at radius 2 is 1.90 bits per heavy atom. The molecule has 20 heavy (non-hydrogen) atoms. The second-order valence-corrected chi connectivity index (χ2v) is 5.55. The maximum absolute atomic E-state index is 12.3. The Morgan fingerprint density at radius 3 is 2.55 bits per heavy atom. The molecule has 0 saturated heterocycles. The van der Waals surface area contributed by atoms with Gasteiger partial charge in [0.1, 0.15) is 5.69 Å². The molecule has 1 aromatic carbocycles. The second kappa shape index (κ2) is 5.92. The van der Waals surface area contributed by atoms with Gasteiger partial charge in [-0.05, 0) is 31.5 Å². The minimum atomic E-state index is -0.404. The summed E-state index contributed by atoms with van der Waals surface area (Å²) in [6.45, 7) is 4.91. The van der Waals surface area contributed by atoms with Crippen LogP contribution in [0.3, 0.4) is 0 Å². The van der Waals surface area contributed by atoms with Gasteiger partial charge < -0.3 is 15.6 Å².